The average Bonchev–Trinajstić information content (AvgIpc) is 3.04. The summed E-state index contributed by atoms with van der Waals surface area (Å²) in [7, 11) is 0.172. The summed E-state index contributed by atoms with van der Waals surface area (Å²) < 4.78 is 26.3. The molecule has 0 amide bonds. The summed E-state index contributed by atoms with van der Waals surface area (Å²) in [5.74, 6) is 0.698. The SMILES string of the molecule is CN=C(NC)NCc1ccc(S(=O)(=O)N2CCCC2)cc1.I. The van der Waals surface area contributed by atoms with E-state index < -0.39 is 10.0 Å². The van der Waals surface area contributed by atoms with Gasteiger partial charge in [0.1, 0.15) is 0 Å². The molecule has 0 saturated carbocycles. The van der Waals surface area contributed by atoms with Crippen LogP contribution in [0.5, 0.6) is 0 Å². The highest BCUT2D eigenvalue weighted by molar-refractivity contribution is 14.0. The summed E-state index contributed by atoms with van der Waals surface area (Å²) in [6.45, 7) is 1.85. The number of nitrogens with zero attached hydrogens (tertiary/aromatic N) is 2. The molecule has 1 heterocycles. The fourth-order valence-corrected chi connectivity index (χ4v) is 3.84. The number of rotatable bonds is 4. The van der Waals surface area contributed by atoms with Crippen LogP contribution in [-0.4, -0.2) is 45.9 Å². The van der Waals surface area contributed by atoms with Crippen LogP contribution in [0.25, 0.3) is 0 Å². The van der Waals surface area contributed by atoms with Crippen LogP contribution in [0.15, 0.2) is 34.2 Å². The van der Waals surface area contributed by atoms with Gasteiger partial charge in [-0.3, -0.25) is 4.99 Å². The Morgan fingerprint density at radius 2 is 1.82 bits per heavy atom. The van der Waals surface area contributed by atoms with Crippen molar-refractivity contribution in [2.45, 2.75) is 24.3 Å². The zero-order chi connectivity index (χ0) is 15.3. The highest BCUT2D eigenvalue weighted by Crippen LogP contribution is 2.20. The topological polar surface area (TPSA) is 73.8 Å². The van der Waals surface area contributed by atoms with E-state index in [9.17, 15) is 8.42 Å². The van der Waals surface area contributed by atoms with Gasteiger partial charge >= 0.3 is 0 Å². The lowest BCUT2D eigenvalue weighted by atomic mass is 10.2. The number of guanidine groups is 1. The molecule has 1 aromatic rings. The van der Waals surface area contributed by atoms with E-state index in [-0.39, 0.29) is 24.0 Å². The number of benzene rings is 1. The first kappa shape index (κ1) is 19.2. The molecular formula is C14H23IN4O2S. The molecule has 0 radical (unpaired) electrons. The zero-order valence-electron chi connectivity index (χ0n) is 12.9. The Morgan fingerprint density at radius 1 is 1.23 bits per heavy atom. The molecule has 0 spiro atoms. The number of sulfonamides is 1. The van der Waals surface area contributed by atoms with Crippen LogP contribution in [0.1, 0.15) is 18.4 Å². The number of hydrogen-bond donors (Lipinski definition) is 2. The van der Waals surface area contributed by atoms with Gasteiger partial charge in [0.25, 0.3) is 0 Å². The van der Waals surface area contributed by atoms with Crippen molar-refractivity contribution in [3.8, 4) is 0 Å². The van der Waals surface area contributed by atoms with Crippen molar-refractivity contribution < 1.29 is 8.42 Å². The van der Waals surface area contributed by atoms with Crippen LogP contribution >= 0.6 is 24.0 Å². The third-order valence-corrected chi connectivity index (χ3v) is 5.46. The molecule has 0 aliphatic carbocycles. The smallest absolute Gasteiger partial charge is 0.243 e. The van der Waals surface area contributed by atoms with E-state index >= 15 is 0 Å². The van der Waals surface area contributed by atoms with Crippen LogP contribution in [0.4, 0.5) is 0 Å². The molecular weight excluding hydrogens is 415 g/mol. The van der Waals surface area contributed by atoms with Gasteiger partial charge in [-0.15, -0.1) is 24.0 Å². The molecule has 8 heteroatoms. The maximum atomic E-state index is 12.4. The van der Waals surface area contributed by atoms with Crippen molar-refractivity contribution in [3.05, 3.63) is 29.8 Å². The number of aliphatic imine (C=N–C) groups is 1. The first-order valence-electron chi connectivity index (χ1n) is 7.05. The summed E-state index contributed by atoms with van der Waals surface area (Å²) in [5, 5.41) is 6.06. The second-order valence-corrected chi connectivity index (χ2v) is 6.87. The van der Waals surface area contributed by atoms with Crippen LogP contribution in [0, 0.1) is 0 Å². The van der Waals surface area contributed by atoms with Crippen molar-refractivity contribution in [3.63, 3.8) is 0 Å². The maximum Gasteiger partial charge on any atom is 0.243 e. The molecule has 6 nitrogen and oxygen atoms in total. The molecule has 0 unspecified atom stereocenters. The monoisotopic (exact) mass is 438 g/mol. The third-order valence-electron chi connectivity index (χ3n) is 3.55. The van der Waals surface area contributed by atoms with Crippen LogP contribution in [0.2, 0.25) is 0 Å². The quantitative estimate of drug-likeness (QED) is 0.424. The van der Waals surface area contributed by atoms with Crippen molar-refractivity contribution in [1.82, 2.24) is 14.9 Å². The predicted octanol–water partition coefficient (Wildman–Crippen LogP) is 1.38. The van der Waals surface area contributed by atoms with E-state index in [0.717, 1.165) is 18.4 Å². The zero-order valence-corrected chi connectivity index (χ0v) is 16.0. The number of halogens is 1. The van der Waals surface area contributed by atoms with E-state index in [1.165, 1.54) is 0 Å². The molecule has 1 aliphatic heterocycles. The predicted molar refractivity (Wildman–Crippen MR) is 99.1 cm³/mol. The van der Waals surface area contributed by atoms with Gasteiger partial charge in [-0.2, -0.15) is 4.31 Å². The Kier molecular flexibility index (Phi) is 7.57. The van der Waals surface area contributed by atoms with Crippen LogP contribution in [-0.2, 0) is 16.6 Å². The minimum atomic E-state index is -3.32. The lowest BCUT2D eigenvalue weighted by Crippen LogP contribution is -2.34. The number of hydrogen-bond acceptors (Lipinski definition) is 3. The van der Waals surface area contributed by atoms with Gasteiger partial charge < -0.3 is 10.6 Å². The molecule has 2 rings (SSSR count). The first-order chi connectivity index (χ1) is 10.1. The lowest BCUT2D eigenvalue weighted by molar-refractivity contribution is 0.477. The van der Waals surface area contributed by atoms with Crippen molar-refractivity contribution >= 4 is 40.0 Å². The third kappa shape index (κ3) is 4.56. The van der Waals surface area contributed by atoms with Crippen molar-refractivity contribution in [2.75, 3.05) is 27.2 Å². The maximum absolute atomic E-state index is 12.4. The summed E-state index contributed by atoms with van der Waals surface area (Å²) in [6.07, 6.45) is 1.90. The normalized spacial score (nSPS) is 16.2. The Bertz CT molecular complexity index is 596. The molecule has 0 aromatic heterocycles. The van der Waals surface area contributed by atoms with Gasteiger partial charge in [0.2, 0.25) is 10.0 Å². The largest absolute Gasteiger partial charge is 0.359 e. The van der Waals surface area contributed by atoms with Gasteiger partial charge in [0.05, 0.1) is 4.90 Å². The summed E-state index contributed by atoms with van der Waals surface area (Å²) in [4.78, 5) is 4.39. The molecule has 0 atom stereocenters. The Morgan fingerprint density at radius 3 is 2.32 bits per heavy atom. The van der Waals surface area contributed by atoms with Crippen LogP contribution in [0.3, 0.4) is 0 Å². The van der Waals surface area contributed by atoms with E-state index in [1.54, 1.807) is 30.5 Å². The Labute approximate surface area is 149 Å². The highest BCUT2D eigenvalue weighted by atomic mass is 127. The van der Waals surface area contributed by atoms with E-state index in [1.807, 2.05) is 12.1 Å². The second kappa shape index (κ2) is 8.68. The van der Waals surface area contributed by atoms with Crippen LogP contribution < -0.4 is 10.6 Å². The van der Waals surface area contributed by atoms with Gasteiger partial charge in [0.15, 0.2) is 5.96 Å². The molecule has 124 valence electrons. The molecule has 2 N–H and O–H groups in total. The van der Waals surface area contributed by atoms with Gasteiger partial charge in [-0.1, -0.05) is 12.1 Å². The standard InChI is InChI=1S/C14H22N4O2S.HI/c1-15-14(16-2)17-11-12-5-7-13(8-6-12)21(19,20)18-9-3-4-10-18;/h5-8H,3-4,9-11H2,1-2H3,(H2,15,16,17);1H. The van der Waals surface area contributed by atoms with E-state index in [2.05, 4.69) is 15.6 Å². The molecule has 1 aromatic carbocycles. The molecule has 1 saturated heterocycles. The van der Waals surface area contributed by atoms with Gasteiger partial charge in [0, 0.05) is 33.7 Å². The minimum absolute atomic E-state index is 0. The summed E-state index contributed by atoms with van der Waals surface area (Å²) >= 11 is 0. The average molecular weight is 438 g/mol. The lowest BCUT2D eigenvalue weighted by Gasteiger charge is -2.15. The van der Waals surface area contributed by atoms with Crippen molar-refractivity contribution in [1.29, 1.82) is 0 Å². The Hall–Kier alpha value is -0.870. The van der Waals surface area contributed by atoms with Gasteiger partial charge in [-0.05, 0) is 30.5 Å². The fourth-order valence-electron chi connectivity index (χ4n) is 2.32. The van der Waals surface area contributed by atoms with Crippen molar-refractivity contribution in [2.24, 2.45) is 4.99 Å². The highest BCUT2D eigenvalue weighted by Gasteiger charge is 2.26. The fraction of sp³-hybridized carbons (Fsp3) is 0.500. The Balaban J connectivity index is 0.00000242. The summed E-state index contributed by atoms with van der Waals surface area (Å²) in [6, 6.07) is 7.01. The van der Waals surface area contributed by atoms with E-state index in [0.29, 0.717) is 30.5 Å². The minimum Gasteiger partial charge on any atom is -0.359 e. The van der Waals surface area contributed by atoms with Gasteiger partial charge in [-0.25, -0.2) is 8.42 Å². The number of nitrogens with one attached hydrogen (secondary N) is 2. The molecule has 22 heavy (non-hydrogen) atoms. The second-order valence-electron chi connectivity index (χ2n) is 4.93. The summed E-state index contributed by atoms with van der Waals surface area (Å²) in [5.41, 5.74) is 1.01. The molecule has 0 bridgehead atoms. The van der Waals surface area contributed by atoms with E-state index in [4.69, 9.17) is 0 Å². The molecule has 1 fully saturated rings. The molecule has 1 aliphatic rings. The first-order valence-corrected chi connectivity index (χ1v) is 8.49.